The summed E-state index contributed by atoms with van der Waals surface area (Å²) in [6, 6.07) is 9.43. The highest BCUT2D eigenvalue weighted by Crippen LogP contribution is 2.22. The number of aliphatic carboxylic acids is 1. The van der Waals surface area contributed by atoms with E-state index in [1.54, 1.807) is 45.2 Å². The van der Waals surface area contributed by atoms with E-state index in [9.17, 15) is 19.2 Å². The number of pyridine rings is 1. The third-order valence-corrected chi connectivity index (χ3v) is 5.20. The van der Waals surface area contributed by atoms with Gasteiger partial charge in [-0.25, -0.2) is 4.98 Å². The molecule has 0 spiro atoms. The van der Waals surface area contributed by atoms with Crippen molar-refractivity contribution in [2.75, 3.05) is 6.54 Å². The SMILES string of the molecule is CC(C)(C)OC(=O)C(N)CC(=O)NCc1cccn2cc(-c3cccc(C(=O)NCCC(=O)O)c3)nc12. The molecule has 0 fully saturated rings. The van der Waals surface area contributed by atoms with E-state index in [1.165, 1.54) is 0 Å². The quantitative estimate of drug-likeness (QED) is 0.301. The van der Waals surface area contributed by atoms with Crippen LogP contribution in [-0.2, 0) is 25.7 Å². The van der Waals surface area contributed by atoms with Gasteiger partial charge in [0.05, 0.1) is 18.5 Å². The molecule has 0 aliphatic carbocycles. The minimum absolute atomic E-state index is 0.0323. The maximum Gasteiger partial charge on any atom is 0.323 e. The summed E-state index contributed by atoms with van der Waals surface area (Å²) in [5.74, 6) is -2.40. The normalized spacial score (nSPS) is 12.1. The second-order valence-electron chi connectivity index (χ2n) is 9.49. The summed E-state index contributed by atoms with van der Waals surface area (Å²) in [7, 11) is 0. The number of benzene rings is 1. The fourth-order valence-electron chi connectivity index (χ4n) is 3.48. The van der Waals surface area contributed by atoms with Gasteiger partial charge in [-0.2, -0.15) is 0 Å². The van der Waals surface area contributed by atoms with E-state index >= 15 is 0 Å². The molecule has 0 saturated carbocycles. The van der Waals surface area contributed by atoms with Crippen molar-refractivity contribution in [2.24, 2.45) is 5.73 Å². The monoisotopic (exact) mass is 509 g/mol. The van der Waals surface area contributed by atoms with Crippen LogP contribution < -0.4 is 16.4 Å². The first-order valence-electron chi connectivity index (χ1n) is 11.7. The molecule has 196 valence electrons. The summed E-state index contributed by atoms with van der Waals surface area (Å²) < 4.78 is 7.02. The molecule has 5 N–H and O–H groups in total. The molecule has 1 aromatic carbocycles. The molecule has 3 aromatic rings. The predicted molar refractivity (Wildman–Crippen MR) is 135 cm³/mol. The number of esters is 1. The molecule has 0 saturated heterocycles. The van der Waals surface area contributed by atoms with Crippen molar-refractivity contribution in [2.45, 2.75) is 51.8 Å². The molecule has 2 amide bonds. The number of nitrogens with one attached hydrogen (secondary N) is 2. The highest BCUT2D eigenvalue weighted by Gasteiger charge is 2.24. The van der Waals surface area contributed by atoms with Crippen LogP contribution in [-0.4, -0.2) is 56.4 Å². The number of rotatable bonds is 10. The van der Waals surface area contributed by atoms with Crippen LogP contribution in [0, 0.1) is 0 Å². The van der Waals surface area contributed by atoms with Crippen molar-refractivity contribution in [3.63, 3.8) is 0 Å². The number of fused-ring (bicyclic) bond motifs is 1. The fourth-order valence-corrected chi connectivity index (χ4v) is 3.48. The van der Waals surface area contributed by atoms with Crippen molar-refractivity contribution in [3.05, 3.63) is 59.9 Å². The summed E-state index contributed by atoms with van der Waals surface area (Å²) in [5.41, 5.74) is 8.19. The third-order valence-electron chi connectivity index (χ3n) is 5.20. The first kappa shape index (κ1) is 27.3. The first-order chi connectivity index (χ1) is 17.4. The van der Waals surface area contributed by atoms with Crippen LogP contribution in [0.1, 0.15) is 49.5 Å². The molecule has 2 heterocycles. The van der Waals surface area contributed by atoms with E-state index in [2.05, 4.69) is 15.6 Å². The van der Waals surface area contributed by atoms with Gasteiger partial charge in [-0.05, 0) is 39.0 Å². The first-order valence-corrected chi connectivity index (χ1v) is 11.7. The van der Waals surface area contributed by atoms with Gasteiger partial charge in [0.2, 0.25) is 5.91 Å². The highest BCUT2D eigenvalue weighted by atomic mass is 16.6. The summed E-state index contributed by atoms with van der Waals surface area (Å²) in [6.07, 6.45) is 3.25. The molecular weight excluding hydrogens is 478 g/mol. The summed E-state index contributed by atoms with van der Waals surface area (Å²) in [6.45, 7) is 5.39. The summed E-state index contributed by atoms with van der Waals surface area (Å²) >= 11 is 0. The number of carbonyl (C=O) groups is 4. The second kappa shape index (κ2) is 11.7. The van der Waals surface area contributed by atoms with Crippen LogP contribution in [0.5, 0.6) is 0 Å². The average molecular weight is 510 g/mol. The van der Waals surface area contributed by atoms with Gasteiger partial charge in [-0.1, -0.05) is 18.2 Å². The molecule has 11 heteroatoms. The number of imidazole rings is 1. The molecule has 1 atom stereocenters. The second-order valence-corrected chi connectivity index (χ2v) is 9.49. The van der Waals surface area contributed by atoms with Gasteiger partial charge < -0.3 is 30.6 Å². The van der Waals surface area contributed by atoms with E-state index < -0.39 is 29.5 Å². The van der Waals surface area contributed by atoms with E-state index in [4.69, 9.17) is 15.6 Å². The topological polar surface area (TPSA) is 165 Å². The van der Waals surface area contributed by atoms with E-state index in [1.807, 2.05) is 28.8 Å². The Morgan fingerprint density at radius 2 is 1.89 bits per heavy atom. The molecule has 0 radical (unpaired) electrons. The Labute approximate surface area is 214 Å². The number of nitrogens with two attached hydrogens (primary N) is 1. The smallest absolute Gasteiger partial charge is 0.323 e. The zero-order valence-corrected chi connectivity index (χ0v) is 21.0. The van der Waals surface area contributed by atoms with Crippen molar-refractivity contribution in [1.82, 2.24) is 20.0 Å². The van der Waals surface area contributed by atoms with Gasteiger partial charge in [0.25, 0.3) is 5.91 Å². The van der Waals surface area contributed by atoms with Crippen molar-refractivity contribution >= 4 is 29.4 Å². The van der Waals surface area contributed by atoms with Crippen molar-refractivity contribution in [1.29, 1.82) is 0 Å². The van der Waals surface area contributed by atoms with Crippen LogP contribution in [0.25, 0.3) is 16.9 Å². The van der Waals surface area contributed by atoms with Gasteiger partial charge in [0, 0.05) is 42.2 Å². The number of carboxylic acids is 1. The number of amides is 2. The van der Waals surface area contributed by atoms with Gasteiger partial charge in [-0.15, -0.1) is 0 Å². The van der Waals surface area contributed by atoms with E-state index in [0.29, 0.717) is 22.5 Å². The molecule has 11 nitrogen and oxygen atoms in total. The number of nitrogens with zero attached hydrogens (tertiary/aromatic N) is 2. The Kier molecular flexibility index (Phi) is 8.61. The maximum atomic E-state index is 12.4. The van der Waals surface area contributed by atoms with E-state index in [0.717, 1.165) is 5.56 Å². The fraction of sp³-hybridized carbons (Fsp3) is 0.346. The van der Waals surface area contributed by atoms with Crippen LogP contribution in [0.3, 0.4) is 0 Å². The number of carbonyl (C=O) groups excluding carboxylic acids is 3. The summed E-state index contributed by atoms with van der Waals surface area (Å²) in [5, 5.41) is 14.1. The molecule has 0 bridgehead atoms. The molecule has 3 rings (SSSR count). The highest BCUT2D eigenvalue weighted by molar-refractivity contribution is 5.95. The number of ether oxygens (including phenoxy) is 1. The lowest BCUT2D eigenvalue weighted by atomic mass is 10.1. The van der Waals surface area contributed by atoms with Gasteiger partial charge in [0.1, 0.15) is 17.3 Å². The number of carboxylic acid groups (broad SMARTS) is 1. The Balaban J connectivity index is 1.68. The Morgan fingerprint density at radius 3 is 2.59 bits per heavy atom. The molecule has 0 aliphatic rings. The lowest BCUT2D eigenvalue weighted by Gasteiger charge is -2.22. The minimum Gasteiger partial charge on any atom is -0.481 e. The van der Waals surface area contributed by atoms with Gasteiger partial charge in [0.15, 0.2) is 0 Å². The number of hydrogen-bond donors (Lipinski definition) is 4. The molecule has 0 aliphatic heterocycles. The van der Waals surface area contributed by atoms with Crippen LogP contribution in [0.15, 0.2) is 48.8 Å². The minimum atomic E-state index is -1.07. The van der Waals surface area contributed by atoms with Gasteiger partial charge >= 0.3 is 11.9 Å². The average Bonchev–Trinajstić information content (AvgIpc) is 3.26. The maximum absolute atomic E-state index is 12.4. The van der Waals surface area contributed by atoms with Crippen molar-refractivity contribution in [3.8, 4) is 11.3 Å². The zero-order valence-electron chi connectivity index (χ0n) is 21.0. The van der Waals surface area contributed by atoms with Crippen molar-refractivity contribution < 1.29 is 29.0 Å². The van der Waals surface area contributed by atoms with Crippen LogP contribution >= 0.6 is 0 Å². The summed E-state index contributed by atoms with van der Waals surface area (Å²) in [4.78, 5) is 52.1. The molecule has 2 aromatic heterocycles. The standard InChI is InChI=1S/C26H31N5O6/c1-26(2,3)37-25(36)19(27)13-21(32)29-14-18-8-5-11-31-15-20(30-23(18)31)16-6-4-7-17(12-16)24(35)28-10-9-22(33)34/h4-8,11-12,15,19H,9-10,13-14,27H2,1-3H3,(H,28,35)(H,29,32)(H,33,34). The number of hydrogen-bond acceptors (Lipinski definition) is 7. The zero-order chi connectivity index (χ0) is 27.2. The largest absolute Gasteiger partial charge is 0.481 e. The Hall–Kier alpha value is -4.25. The lowest BCUT2D eigenvalue weighted by Crippen LogP contribution is -2.41. The third kappa shape index (κ3) is 7.87. The van der Waals surface area contributed by atoms with Gasteiger partial charge in [-0.3, -0.25) is 19.2 Å². The lowest BCUT2D eigenvalue weighted by molar-refractivity contribution is -0.157. The number of aromatic nitrogens is 2. The molecule has 37 heavy (non-hydrogen) atoms. The van der Waals surface area contributed by atoms with Crippen LogP contribution in [0.2, 0.25) is 0 Å². The van der Waals surface area contributed by atoms with Crippen LogP contribution in [0.4, 0.5) is 0 Å². The Morgan fingerprint density at radius 1 is 1.14 bits per heavy atom. The predicted octanol–water partition coefficient (Wildman–Crippen LogP) is 1.88. The Bertz CT molecular complexity index is 1310. The molecule has 1 unspecified atom stereocenters. The molecular formula is C26H31N5O6. The van der Waals surface area contributed by atoms with E-state index in [-0.39, 0.29) is 31.8 Å².